The quantitative estimate of drug-likeness (QED) is 0.732. The largest absolute Gasteiger partial charge is 0.461 e. The zero-order valence-corrected chi connectivity index (χ0v) is 16.8. The van der Waals surface area contributed by atoms with Crippen LogP contribution in [0, 0.1) is 12.8 Å². The smallest absolute Gasteiger partial charge is 0.348 e. The Hall–Kier alpha value is -2.22. The molecular weight excluding hydrogens is 366 g/mol. The van der Waals surface area contributed by atoms with Gasteiger partial charge in [-0.05, 0) is 37.7 Å². The van der Waals surface area contributed by atoms with E-state index in [1.807, 2.05) is 13.8 Å². The van der Waals surface area contributed by atoms with Crippen molar-refractivity contribution in [3.63, 3.8) is 0 Å². The van der Waals surface area contributed by atoms with Crippen molar-refractivity contribution in [1.82, 2.24) is 14.5 Å². The Bertz CT molecular complexity index is 910. The number of ether oxygens (including phenoxy) is 1. The molecule has 2 aromatic heterocycles. The predicted octanol–water partition coefficient (Wildman–Crippen LogP) is 2.59. The number of rotatable bonds is 5. The molecule has 7 nitrogen and oxygen atoms in total. The highest BCUT2D eigenvalue weighted by Crippen LogP contribution is 2.27. The Morgan fingerprint density at radius 1 is 1.26 bits per heavy atom. The van der Waals surface area contributed by atoms with Crippen LogP contribution in [0.1, 0.15) is 48.3 Å². The Morgan fingerprint density at radius 3 is 2.63 bits per heavy atom. The molecule has 0 aliphatic carbocycles. The van der Waals surface area contributed by atoms with Gasteiger partial charge >= 0.3 is 5.97 Å². The first kappa shape index (κ1) is 19.5. The van der Waals surface area contributed by atoms with Crippen LogP contribution in [-0.4, -0.2) is 46.0 Å². The van der Waals surface area contributed by atoms with E-state index in [9.17, 15) is 14.4 Å². The number of hydrogen-bond donors (Lipinski definition) is 0. The first-order chi connectivity index (χ1) is 12.9. The second kappa shape index (κ2) is 8.21. The maximum atomic E-state index is 12.9. The number of piperidine rings is 1. The van der Waals surface area contributed by atoms with E-state index in [2.05, 4.69) is 4.98 Å². The van der Waals surface area contributed by atoms with E-state index < -0.39 is 5.97 Å². The molecule has 0 radical (unpaired) electrons. The molecule has 0 N–H and O–H groups in total. The number of thiophene rings is 1. The summed E-state index contributed by atoms with van der Waals surface area (Å²) >= 11 is 1.16. The maximum Gasteiger partial charge on any atom is 0.348 e. The molecule has 0 saturated carbocycles. The van der Waals surface area contributed by atoms with E-state index in [-0.39, 0.29) is 23.9 Å². The minimum atomic E-state index is -0.431. The molecule has 1 amide bonds. The molecule has 146 valence electrons. The zero-order chi connectivity index (χ0) is 19.6. The van der Waals surface area contributed by atoms with Crippen LogP contribution in [0.15, 0.2) is 11.1 Å². The van der Waals surface area contributed by atoms with E-state index in [0.29, 0.717) is 27.3 Å². The summed E-state index contributed by atoms with van der Waals surface area (Å²) in [5.74, 6) is -0.262. The third-order valence-corrected chi connectivity index (χ3v) is 5.84. The highest BCUT2D eigenvalue weighted by atomic mass is 32.1. The van der Waals surface area contributed by atoms with Gasteiger partial charge in [-0.25, -0.2) is 9.78 Å². The number of aromatic nitrogens is 2. The van der Waals surface area contributed by atoms with Crippen LogP contribution >= 0.6 is 11.3 Å². The summed E-state index contributed by atoms with van der Waals surface area (Å²) in [4.78, 5) is 44.7. The number of nitrogens with zero attached hydrogens (tertiary/aromatic N) is 3. The summed E-state index contributed by atoms with van der Waals surface area (Å²) in [6.07, 6.45) is 4.54. The van der Waals surface area contributed by atoms with Crippen LogP contribution in [-0.2, 0) is 16.1 Å². The first-order valence-corrected chi connectivity index (χ1v) is 10.1. The summed E-state index contributed by atoms with van der Waals surface area (Å²) in [6.45, 7) is 7.44. The van der Waals surface area contributed by atoms with Crippen LogP contribution in [0.5, 0.6) is 0 Å². The summed E-state index contributed by atoms with van der Waals surface area (Å²) in [6, 6.07) is 0. The molecule has 3 heterocycles. The van der Waals surface area contributed by atoms with Gasteiger partial charge in [0, 0.05) is 13.1 Å². The van der Waals surface area contributed by atoms with Crippen molar-refractivity contribution >= 4 is 33.4 Å². The Labute approximate surface area is 161 Å². The van der Waals surface area contributed by atoms with E-state index in [0.717, 1.165) is 43.7 Å². The van der Waals surface area contributed by atoms with E-state index >= 15 is 0 Å². The molecule has 0 atom stereocenters. The van der Waals surface area contributed by atoms with Crippen molar-refractivity contribution in [2.45, 2.75) is 46.6 Å². The maximum absolute atomic E-state index is 12.9. The molecule has 0 unspecified atom stereocenters. The molecule has 2 aromatic rings. The van der Waals surface area contributed by atoms with Crippen molar-refractivity contribution in [1.29, 1.82) is 0 Å². The third kappa shape index (κ3) is 4.21. The fraction of sp³-hybridized carbons (Fsp3) is 0.579. The van der Waals surface area contributed by atoms with Gasteiger partial charge in [0.2, 0.25) is 5.91 Å². The van der Waals surface area contributed by atoms with Crippen molar-refractivity contribution < 1.29 is 14.3 Å². The molecule has 0 bridgehead atoms. The predicted molar refractivity (Wildman–Crippen MR) is 104 cm³/mol. The minimum absolute atomic E-state index is 0.0236. The van der Waals surface area contributed by atoms with Crippen LogP contribution in [0.25, 0.3) is 10.2 Å². The van der Waals surface area contributed by atoms with Crippen LogP contribution in [0.3, 0.4) is 0 Å². The molecule has 27 heavy (non-hydrogen) atoms. The fourth-order valence-corrected chi connectivity index (χ4v) is 4.20. The lowest BCUT2D eigenvalue weighted by Crippen LogP contribution is -2.39. The number of hydrogen-bond acceptors (Lipinski definition) is 6. The van der Waals surface area contributed by atoms with Crippen LogP contribution < -0.4 is 5.56 Å². The second-order valence-electron chi connectivity index (χ2n) is 7.35. The van der Waals surface area contributed by atoms with E-state index in [1.54, 1.807) is 11.8 Å². The molecule has 1 saturated heterocycles. The van der Waals surface area contributed by atoms with E-state index in [1.165, 1.54) is 10.9 Å². The molecule has 1 aliphatic rings. The molecule has 1 aliphatic heterocycles. The number of likely N-dealkylation sites (tertiary alicyclic amines) is 1. The average molecular weight is 391 g/mol. The van der Waals surface area contributed by atoms with Gasteiger partial charge < -0.3 is 9.64 Å². The molecule has 1 fully saturated rings. The summed E-state index contributed by atoms with van der Waals surface area (Å²) in [7, 11) is 0. The summed E-state index contributed by atoms with van der Waals surface area (Å²) < 4.78 is 6.62. The number of aryl methyl sites for hydroxylation is 1. The Kier molecular flexibility index (Phi) is 5.94. The van der Waals surface area contributed by atoms with E-state index in [4.69, 9.17) is 4.74 Å². The highest BCUT2D eigenvalue weighted by molar-refractivity contribution is 7.20. The van der Waals surface area contributed by atoms with Gasteiger partial charge in [-0.15, -0.1) is 11.3 Å². The molecule has 8 heteroatoms. The summed E-state index contributed by atoms with van der Waals surface area (Å²) in [5, 5.41) is 0.394. The second-order valence-corrected chi connectivity index (χ2v) is 8.35. The van der Waals surface area contributed by atoms with Crippen molar-refractivity contribution in [2.75, 3.05) is 19.7 Å². The monoisotopic (exact) mass is 391 g/mol. The minimum Gasteiger partial charge on any atom is -0.461 e. The number of fused-ring (bicyclic) bond motifs is 1. The molecule has 0 spiro atoms. The van der Waals surface area contributed by atoms with Gasteiger partial charge in [0.15, 0.2) is 0 Å². The lowest BCUT2D eigenvalue weighted by molar-refractivity contribution is -0.132. The SMILES string of the molecule is Cc1c(C(=O)OCC(C)C)sc2ncn(CC(=O)N3CCCCC3)c(=O)c12. The zero-order valence-electron chi connectivity index (χ0n) is 16.0. The number of esters is 1. The Morgan fingerprint density at radius 2 is 1.96 bits per heavy atom. The fourth-order valence-electron chi connectivity index (χ4n) is 3.16. The van der Waals surface area contributed by atoms with Crippen molar-refractivity contribution in [3.8, 4) is 0 Å². The molecule has 0 aromatic carbocycles. The lowest BCUT2D eigenvalue weighted by atomic mass is 10.1. The van der Waals surface area contributed by atoms with Gasteiger partial charge in [0.1, 0.15) is 16.3 Å². The average Bonchev–Trinajstić information content (AvgIpc) is 3.00. The molecule has 3 rings (SSSR count). The lowest BCUT2D eigenvalue weighted by Gasteiger charge is -2.26. The van der Waals surface area contributed by atoms with Gasteiger partial charge in [-0.1, -0.05) is 13.8 Å². The summed E-state index contributed by atoms with van der Waals surface area (Å²) in [5.41, 5.74) is 0.281. The number of amides is 1. The van der Waals surface area contributed by atoms with Crippen LogP contribution in [0.4, 0.5) is 0 Å². The third-order valence-electron chi connectivity index (χ3n) is 4.66. The standard InChI is InChI=1S/C19H25N3O4S/c1-12(2)10-26-19(25)16-13(3)15-17(27-16)20-11-22(18(15)24)9-14(23)21-7-5-4-6-8-21/h11-12H,4-10H2,1-3H3. The van der Waals surface area contributed by atoms with Gasteiger partial charge in [0.25, 0.3) is 5.56 Å². The van der Waals surface area contributed by atoms with Gasteiger partial charge in [-0.2, -0.15) is 0 Å². The van der Waals surface area contributed by atoms with Gasteiger partial charge in [0.05, 0.1) is 18.3 Å². The topological polar surface area (TPSA) is 81.5 Å². The number of carbonyl (C=O) groups excluding carboxylic acids is 2. The van der Waals surface area contributed by atoms with Crippen molar-refractivity contribution in [3.05, 3.63) is 27.1 Å². The normalized spacial score (nSPS) is 14.7. The molecular formula is C19H25N3O4S. The van der Waals surface area contributed by atoms with Gasteiger partial charge in [-0.3, -0.25) is 14.2 Å². The van der Waals surface area contributed by atoms with Crippen LogP contribution in [0.2, 0.25) is 0 Å². The number of carbonyl (C=O) groups is 2. The first-order valence-electron chi connectivity index (χ1n) is 9.32. The van der Waals surface area contributed by atoms with Crippen molar-refractivity contribution in [2.24, 2.45) is 5.92 Å². The highest BCUT2D eigenvalue weighted by Gasteiger charge is 2.22. The Balaban J connectivity index is 1.86.